The molecular formula is C20H20N2O5S. The molecule has 1 fully saturated rings. The Labute approximate surface area is 166 Å². The molecule has 2 atom stereocenters. The first-order valence-electron chi connectivity index (χ1n) is 8.96. The van der Waals surface area contributed by atoms with Gasteiger partial charge in [-0.25, -0.2) is 4.79 Å². The van der Waals surface area contributed by atoms with Crippen molar-refractivity contribution in [3.63, 3.8) is 0 Å². The van der Waals surface area contributed by atoms with E-state index in [4.69, 9.17) is 4.74 Å². The van der Waals surface area contributed by atoms with Crippen molar-refractivity contribution >= 4 is 35.5 Å². The van der Waals surface area contributed by atoms with Crippen molar-refractivity contribution in [3.8, 4) is 0 Å². The number of hydrogen-bond donors (Lipinski definition) is 0. The van der Waals surface area contributed by atoms with Crippen molar-refractivity contribution in [2.24, 2.45) is 0 Å². The Balaban J connectivity index is 1.63. The van der Waals surface area contributed by atoms with Crippen LogP contribution in [0.5, 0.6) is 0 Å². The summed E-state index contributed by atoms with van der Waals surface area (Å²) >= 11 is 1.44. The smallest absolute Gasteiger partial charge is 0.355 e. The molecule has 1 aromatic rings. The maximum absolute atomic E-state index is 13.0. The molecule has 8 heteroatoms. The van der Waals surface area contributed by atoms with Gasteiger partial charge in [-0.2, -0.15) is 0 Å². The van der Waals surface area contributed by atoms with Crippen LogP contribution in [0.4, 0.5) is 0 Å². The normalized spacial score (nSPS) is 24.2. The lowest BCUT2D eigenvalue weighted by Gasteiger charge is -2.51. The summed E-state index contributed by atoms with van der Waals surface area (Å²) in [6, 6.07) is 5.62. The number of thioether (sulfide) groups is 1. The molecule has 0 aromatic heterocycles. The van der Waals surface area contributed by atoms with Gasteiger partial charge in [0.25, 0.3) is 17.7 Å². The van der Waals surface area contributed by atoms with Gasteiger partial charge in [-0.15, -0.1) is 11.8 Å². The second-order valence-corrected chi connectivity index (χ2v) is 9.12. The zero-order chi connectivity index (χ0) is 20.4. The topological polar surface area (TPSA) is 84.0 Å². The van der Waals surface area contributed by atoms with Gasteiger partial charge in [0, 0.05) is 5.75 Å². The van der Waals surface area contributed by atoms with E-state index in [9.17, 15) is 19.2 Å². The highest BCUT2D eigenvalue weighted by atomic mass is 32.2. The fourth-order valence-electron chi connectivity index (χ4n) is 3.63. The van der Waals surface area contributed by atoms with Crippen LogP contribution in [0.15, 0.2) is 35.5 Å². The molecule has 28 heavy (non-hydrogen) atoms. The lowest BCUT2D eigenvalue weighted by Crippen LogP contribution is -2.71. The third kappa shape index (κ3) is 2.66. The molecule has 0 bridgehead atoms. The molecule has 0 radical (unpaired) electrons. The number of nitrogens with zero attached hydrogens (tertiary/aromatic N) is 2. The van der Waals surface area contributed by atoms with Crippen LogP contribution in [0.2, 0.25) is 0 Å². The number of β-lactam (4-membered cyclic amide) rings is 1. The summed E-state index contributed by atoms with van der Waals surface area (Å²) in [5, 5.41) is -0.485. The van der Waals surface area contributed by atoms with Gasteiger partial charge in [-0.1, -0.05) is 12.1 Å². The first-order chi connectivity index (χ1) is 13.1. The number of amides is 3. The molecule has 0 aliphatic carbocycles. The Kier molecular flexibility index (Phi) is 4.15. The summed E-state index contributed by atoms with van der Waals surface area (Å²) in [6.45, 7) is 7.06. The molecule has 0 spiro atoms. The van der Waals surface area contributed by atoms with E-state index in [1.54, 1.807) is 52.0 Å². The zero-order valence-corrected chi connectivity index (χ0v) is 16.8. The summed E-state index contributed by atoms with van der Waals surface area (Å²) in [7, 11) is 0. The van der Waals surface area contributed by atoms with E-state index in [0.29, 0.717) is 16.9 Å². The summed E-state index contributed by atoms with van der Waals surface area (Å²) in [6.07, 6.45) is 0. The Morgan fingerprint density at radius 3 is 2.18 bits per heavy atom. The quantitative estimate of drug-likeness (QED) is 0.430. The van der Waals surface area contributed by atoms with Crippen LogP contribution in [0, 0.1) is 0 Å². The van der Waals surface area contributed by atoms with Crippen molar-refractivity contribution < 1.29 is 23.9 Å². The van der Waals surface area contributed by atoms with E-state index in [0.717, 1.165) is 10.5 Å². The average Bonchev–Trinajstić information content (AvgIpc) is 2.86. The largest absolute Gasteiger partial charge is 0.455 e. The van der Waals surface area contributed by atoms with E-state index < -0.39 is 40.7 Å². The van der Waals surface area contributed by atoms with Crippen LogP contribution in [0.1, 0.15) is 48.4 Å². The Morgan fingerprint density at radius 2 is 1.64 bits per heavy atom. The van der Waals surface area contributed by atoms with Crippen LogP contribution in [-0.2, 0) is 14.3 Å². The predicted octanol–water partition coefficient (Wildman–Crippen LogP) is 2.18. The number of carbonyl (C=O) groups excluding carboxylic acids is 4. The second kappa shape index (κ2) is 6.20. The van der Waals surface area contributed by atoms with Gasteiger partial charge >= 0.3 is 5.97 Å². The highest BCUT2D eigenvalue weighted by Crippen LogP contribution is 2.44. The Morgan fingerprint density at radius 1 is 1.07 bits per heavy atom. The second-order valence-electron chi connectivity index (χ2n) is 8.01. The lowest BCUT2D eigenvalue weighted by atomic mass is 10.0. The van der Waals surface area contributed by atoms with Gasteiger partial charge < -0.3 is 4.74 Å². The number of hydrogen-bond acceptors (Lipinski definition) is 6. The number of ether oxygens (including phenoxy) is 1. The van der Waals surface area contributed by atoms with Gasteiger partial charge in [0.2, 0.25) is 0 Å². The summed E-state index contributed by atoms with van der Waals surface area (Å²) < 4.78 is 5.45. The maximum Gasteiger partial charge on any atom is 0.355 e. The third-order valence-electron chi connectivity index (χ3n) is 4.83. The van der Waals surface area contributed by atoms with Crippen molar-refractivity contribution in [1.29, 1.82) is 0 Å². The minimum Gasteiger partial charge on any atom is -0.455 e. The van der Waals surface area contributed by atoms with E-state index in [2.05, 4.69) is 0 Å². The van der Waals surface area contributed by atoms with E-state index in [1.807, 2.05) is 0 Å². The fraction of sp³-hybridized carbons (Fsp3) is 0.400. The van der Waals surface area contributed by atoms with Crippen LogP contribution >= 0.6 is 11.8 Å². The fourth-order valence-corrected chi connectivity index (χ4v) is 4.97. The molecule has 3 aliphatic heterocycles. The van der Waals surface area contributed by atoms with Crippen LogP contribution in [-0.4, -0.2) is 56.3 Å². The Bertz CT molecular complexity index is 927. The molecule has 4 rings (SSSR count). The highest BCUT2D eigenvalue weighted by molar-refractivity contribution is 8.00. The third-order valence-corrected chi connectivity index (χ3v) is 6.24. The molecule has 1 saturated heterocycles. The summed E-state index contributed by atoms with van der Waals surface area (Å²) in [5.41, 5.74) is 0.874. The summed E-state index contributed by atoms with van der Waals surface area (Å²) in [5.74, 6) is -1.42. The van der Waals surface area contributed by atoms with Gasteiger partial charge in [0.05, 0.1) is 11.1 Å². The van der Waals surface area contributed by atoms with Gasteiger partial charge in [-0.05, 0) is 45.4 Å². The van der Waals surface area contributed by atoms with Crippen LogP contribution in [0.3, 0.4) is 0 Å². The Hall–Kier alpha value is -2.61. The first-order valence-corrected chi connectivity index (χ1v) is 10.0. The first kappa shape index (κ1) is 18.7. The SMILES string of the molecule is CC1=C(C(=O)OC(C)(C)C)N2C(=O)C(N3C(=O)c4ccccc4C3=O)[C@@H]2SC1. The number of esters is 1. The van der Waals surface area contributed by atoms with E-state index >= 15 is 0 Å². The van der Waals surface area contributed by atoms with Crippen LogP contribution in [0.25, 0.3) is 0 Å². The van der Waals surface area contributed by atoms with Crippen molar-refractivity contribution in [1.82, 2.24) is 9.80 Å². The molecule has 0 N–H and O–H groups in total. The molecule has 7 nitrogen and oxygen atoms in total. The number of rotatable bonds is 2. The van der Waals surface area contributed by atoms with Crippen LogP contribution < -0.4 is 0 Å². The molecular weight excluding hydrogens is 380 g/mol. The van der Waals surface area contributed by atoms with E-state index in [-0.39, 0.29) is 5.70 Å². The van der Waals surface area contributed by atoms with Gasteiger partial charge in [0.15, 0.2) is 0 Å². The van der Waals surface area contributed by atoms with Gasteiger partial charge in [0.1, 0.15) is 22.7 Å². The monoisotopic (exact) mass is 400 g/mol. The number of carbonyl (C=O) groups is 4. The molecule has 1 unspecified atom stereocenters. The maximum atomic E-state index is 13.0. The average molecular weight is 400 g/mol. The van der Waals surface area contributed by atoms with E-state index in [1.165, 1.54) is 16.7 Å². The highest BCUT2D eigenvalue weighted by Gasteiger charge is 2.60. The predicted molar refractivity (Wildman–Crippen MR) is 102 cm³/mol. The number of benzene rings is 1. The van der Waals surface area contributed by atoms with Crippen molar-refractivity contribution in [3.05, 3.63) is 46.7 Å². The molecule has 3 amide bonds. The zero-order valence-electron chi connectivity index (χ0n) is 16.0. The molecule has 146 valence electrons. The number of fused-ring (bicyclic) bond motifs is 2. The molecule has 0 saturated carbocycles. The summed E-state index contributed by atoms with van der Waals surface area (Å²) in [4.78, 5) is 53.5. The molecule has 1 aromatic carbocycles. The lowest BCUT2D eigenvalue weighted by molar-refractivity contribution is -0.160. The standard InChI is InChI=1S/C20H20N2O5S/c1-10-9-28-18-14(17(25)22(18)13(10)19(26)27-20(2,3)4)21-15(23)11-7-5-6-8-12(11)16(21)24/h5-8,14,18H,9H2,1-4H3/t14?,18-/m0/s1. The van der Waals surface area contributed by atoms with Crippen molar-refractivity contribution in [2.45, 2.75) is 44.7 Å². The van der Waals surface area contributed by atoms with Gasteiger partial charge in [-0.3, -0.25) is 24.2 Å². The number of imide groups is 1. The minimum absolute atomic E-state index is 0.219. The molecule has 3 heterocycles. The molecule has 3 aliphatic rings. The minimum atomic E-state index is -0.914. The van der Waals surface area contributed by atoms with Crippen molar-refractivity contribution in [2.75, 3.05) is 5.75 Å².